The van der Waals surface area contributed by atoms with Crippen molar-refractivity contribution in [2.45, 2.75) is 39.3 Å². The van der Waals surface area contributed by atoms with Crippen LogP contribution in [0.5, 0.6) is 11.5 Å². The first-order chi connectivity index (χ1) is 11.7. The van der Waals surface area contributed by atoms with E-state index in [1.165, 1.54) is 19.4 Å². The Hall–Kier alpha value is -1.22. The van der Waals surface area contributed by atoms with E-state index >= 15 is 0 Å². The zero-order valence-corrected chi connectivity index (χ0v) is 17.8. The second-order valence-corrected chi connectivity index (χ2v) is 5.93. The fraction of sp³-hybridized carbons (Fsp3) is 0.611. The molecule has 25 heavy (non-hydrogen) atoms. The van der Waals surface area contributed by atoms with Gasteiger partial charge >= 0.3 is 0 Å². The van der Waals surface area contributed by atoms with Crippen molar-refractivity contribution in [1.29, 1.82) is 0 Å². The van der Waals surface area contributed by atoms with Gasteiger partial charge in [0.05, 0.1) is 20.3 Å². The molecule has 6 nitrogen and oxygen atoms in total. The van der Waals surface area contributed by atoms with Crippen LogP contribution in [0.4, 0.5) is 0 Å². The van der Waals surface area contributed by atoms with Crippen LogP contribution in [0, 0.1) is 0 Å². The highest BCUT2D eigenvalue weighted by molar-refractivity contribution is 14.0. The quantitative estimate of drug-likeness (QED) is 0.353. The SMILES string of the molecule is CCOc1ccc(CN=C(N)NCC2CCCN2CC)cc1OC.I. The Morgan fingerprint density at radius 3 is 2.84 bits per heavy atom. The molecule has 0 aliphatic carbocycles. The lowest BCUT2D eigenvalue weighted by Crippen LogP contribution is -2.42. The van der Waals surface area contributed by atoms with E-state index in [-0.39, 0.29) is 24.0 Å². The molecular weight excluding hydrogens is 431 g/mol. The van der Waals surface area contributed by atoms with Crippen molar-refractivity contribution in [2.75, 3.05) is 33.4 Å². The molecular formula is C18H31IN4O2. The lowest BCUT2D eigenvalue weighted by molar-refractivity contribution is 0.267. The summed E-state index contributed by atoms with van der Waals surface area (Å²) in [5, 5.41) is 3.25. The first-order valence-electron chi connectivity index (χ1n) is 8.75. The van der Waals surface area contributed by atoms with E-state index in [0.29, 0.717) is 25.2 Å². The lowest BCUT2D eigenvalue weighted by atomic mass is 10.2. The minimum absolute atomic E-state index is 0. The van der Waals surface area contributed by atoms with Gasteiger partial charge in [-0.2, -0.15) is 0 Å². The third-order valence-corrected chi connectivity index (χ3v) is 4.38. The van der Waals surface area contributed by atoms with E-state index < -0.39 is 0 Å². The number of ether oxygens (including phenoxy) is 2. The number of rotatable bonds is 8. The number of hydrogen-bond acceptors (Lipinski definition) is 4. The standard InChI is InChI=1S/C18H30N4O2.HI/c1-4-22-10-6-7-15(22)13-21-18(19)20-12-14-8-9-16(24-5-2)17(11-14)23-3;/h8-9,11,15H,4-7,10,12-13H2,1-3H3,(H3,19,20,21);1H. The van der Waals surface area contributed by atoms with E-state index in [4.69, 9.17) is 15.2 Å². The van der Waals surface area contributed by atoms with Gasteiger partial charge in [0.2, 0.25) is 0 Å². The van der Waals surface area contributed by atoms with Gasteiger partial charge in [0.1, 0.15) is 0 Å². The molecule has 1 aliphatic heterocycles. The number of methoxy groups -OCH3 is 1. The molecule has 0 saturated carbocycles. The number of nitrogens with one attached hydrogen (secondary N) is 1. The van der Waals surface area contributed by atoms with Crippen LogP contribution in [0.3, 0.4) is 0 Å². The Labute approximate surface area is 168 Å². The molecule has 142 valence electrons. The molecule has 1 aromatic carbocycles. The largest absolute Gasteiger partial charge is 0.493 e. The van der Waals surface area contributed by atoms with E-state index in [1.54, 1.807) is 7.11 Å². The molecule has 0 radical (unpaired) electrons. The molecule has 1 aliphatic rings. The van der Waals surface area contributed by atoms with Gasteiger partial charge in [-0.15, -0.1) is 24.0 Å². The highest BCUT2D eigenvalue weighted by Gasteiger charge is 2.22. The van der Waals surface area contributed by atoms with Crippen molar-refractivity contribution in [3.8, 4) is 11.5 Å². The fourth-order valence-corrected chi connectivity index (χ4v) is 3.08. The number of halogens is 1. The summed E-state index contributed by atoms with van der Waals surface area (Å²) in [4.78, 5) is 6.91. The van der Waals surface area contributed by atoms with Crippen LogP contribution in [0.15, 0.2) is 23.2 Å². The molecule has 1 atom stereocenters. The van der Waals surface area contributed by atoms with E-state index in [1.807, 2.05) is 25.1 Å². The Bertz CT molecular complexity index is 554. The number of nitrogens with zero attached hydrogens (tertiary/aromatic N) is 2. The van der Waals surface area contributed by atoms with Gasteiger partial charge in [0, 0.05) is 12.6 Å². The number of benzene rings is 1. The van der Waals surface area contributed by atoms with Crippen molar-refractivity contribution in [3.05, 3.63) is 23.8 Å². The maximum atomic E-state index is 6.00. The minimum Gasteiger partial charge on any atom is -0.493 e. The van der Waals surface area contributed by atoms with Gasteiger partial charge in [-0.3, -0.25) is 4.90 Å². The summed E-state index contributed by atoms with van der Waals surface area (Å²) in [6.07, 6.45) is 2.49. The second-order valence-electron chi connectivity index (χ2n) is 5.93. The second kappa shape index (κ2) is 11.4. The van der Waals surface area contributed by atoms with Gasteiger partial charge in [-0.1, -0.05) is 13.0 Å². The average molecular weight is 462 g/mol. The predicted octanol–water partition coefficient (Wildman–Crippen LogP) is 2.60. The number of guanidine groups is 1. The first-order valence-corrected chi connectivity index (χ1v) is 8.75. The summed E-state index contributed by atoms with van der Waals surface area (Å²) >= 11 is 0. The number of nitrogens with two attached hydrogens (primary N) is 1. The van der Waals surface area contributed by atoms with Crippen LogP contribution in [-0.4, -0.2) is 50.3 Å². The Morgan fingerprint density at radius 1 is 1.36 bits per heavy atom. The molecule has 0 aromatic heterocycles. The van der Waals surface area contributed by atoms with Crippen LogP contribution in [0.1, 0.15) is 32.3 Å². The summed E-state index contributed by atoms with van der Waals surface area (Å²) in [5.41, 5.74) is 7.04. The molecule has 7 heteroatoms. The molecule has 1 saturated heterocycles. The van der Waals surface area contributed by atoms with Crippen molar-refractivity contribution in [2.24, 2.45) is 10.7 Å². The number of aliphatic imine (C=N–C) groups is 1. The van der Waals surface area contributed by atoms with Gasteiger partial charge < -0.3 is 20.5 Å². The third-order valence-electron chi connectivity index (χ3n) is 4.38. The number of likely N-dealkylation sites (tertiary alicyclic amines) is 1. The third kappa shape index (κ3) is 6.54. The summed E-state index contributed by atoms with van der Waals surface area (Å²) < 4.78 is 10.9. The maximum absolute atomic E-state index is 6.00. The van der Waals surface area contributed by atoms with Crippen LogP contribution in [0.25, 0.3) is 0 Å². The zero-order valence-electron chi connectivity index (χ0n) is 15.5. The first kappa shape index (κ1) is 21.8. The highest BCUT2D eigenvalue weighted by atomic mass is 127. The summed E-state index contributed by atoms with van der Waals surface area (Å²) in [6.45, 7) is 8.42. The van der Waals surface area contributed by atoms with Gasteiger partial charge in [0.25, 0.3) is 0 Å². The van der Waals surface area contributed by atoms with Crippen LogP contribution < -0.4 is 20.5 Å². The van der Waals surface area contributed by atoms with Gasteiger partial charge in [0.15, 0.2) is 17.5 Å². The van der Waals surface area contributed by atoms with Crippen molar-refractivity contribution in [1.82, 2.24) is 10.2 Å². The molecule has 0 spiro atoms. The summed E-state index contributed by atoms with van der Waals surface area (Å²) in [5.74, 6) is 1.96. The average Bonchev–Trinajstić information content (AvgIpc) is 3.06. The number of likely N-dealkylation sites (N-methyl/N-ethyl adjacent to an activating group) is 1. The monoisotopic (exact) mass is 462 g/mol. The molecule has 1 heterocycles. The zero-order chi connectivity index (χ0) is 17.4. The molecule has 1 aromatic rings. The Morgan fingerprint density at radius 2 is 2.16 bits per heavy atom. The maximum Gasteiger partial charge on any atom is 0.188 e. The Kier molecular flexibility index (Phi) is 9.96. The molecule has 1 fully saturated rings. The highest BCUT2D eigenvalue weighted by Crippen LogP contribution is 2.28. The van der Waals surface area contributed by atoms with Crippen molar-refractivity contribution >= 4 is 29.9 Å². The van der Waals surface area contributed by atoms with Crippen molar-refractivity contribution in [3.63, 3.8) is 0 Å². The van der Waals surface area contributed by atoms with E-state index in [0.717, 1.165) is 30.2 Å². The number of hydrogen-bond donors (Lipinski definition) is 2. The topological polar surface area (TPSA) is 72.1 Å². The van der Waals surface area contributed by atoms with Gasteiger partial charge in [-0.05, 0) is 50.6 Å². The summed E-state index contributed by atoms with van der Waals surface area (Å²) in [6, 6.07) is 6.40. The molecule has 0 amide bonds. The van der Waals surface area contributed by atoms with Gasteiger partial charge in [-0.25, -0.2) is 4.99 Å². The predicted molar refractivity (Wildman–Crippen MR) is 113 cm³/mol. The van der Waals surface area contributed by atoms with Crippen LogP contribution >= 0.6 is 24.0 Å². The van der Waals surface area contributed by atoms with Crippen LogP contribution in [0.2, 0.25) is 0 Å². The molecule has 3 N–H and O–H groups in total. The minimum atomic E-state index is 0. The Balaban J connectivity index is 0.00000312. The summed E-state index contributed by atoms with van der Waals surface area (Å²) in [7, 11) is 1.64. The lowest BCUT2D eigenvalue weighted by Gasteiger charge is -2.23. The van der Waals surface area contributed by atoms with E-state index in [9.17, 15) is 0 Å². The molecule has 0 bridgehead atoms. The normalized spacial score (nSPS) is 17.9. The van der Waals surface area contributed by atoms with Crippen molar-refractivity contribution < 1.29 is 9.47 Å². The smallest absolute Gasteiger partial charge is 0.188 e. The fourth-order valence-electron chi connectivity index (χ4n) is 3.08. The molecule has 2 rings (SSSR count). The molecule has 1 unspecified atom stereocenters. The van der Waals surface area contributed by atoms with E-state index in [2.05, 4.69) is 22.1 Å². The van der Waals surface area contributed by atoms with Crippen LogP contribution in [-0.2, 0) is 6.54 Å².